The smallest absolute Gasteiger partial charge is 0.240 e. The maximum Gasteiger partial charge on any atom is 0.240 e. The number of ether oxygens (including phenoxy) is 1. The number of hydrogen-bond acceptors (Lipinski definition) is 5. The molecule has 1 heterocycles. The minimum atomic E-state index is -3.72. The summed E-state index contributed by atoms with van der Waals surface area (Å²) < 4.78 is 33.3. The second kappa shape index (κ2) is 8.51. The quantitative estimate of drug-likeness (QED) is 0.707. The maximum atomic E-state index is 12.6. The highest BCUT2D eigenvalue weighted by atomic mass is 32.2. The predicted molar refractivity (Wildman–Crippen MR) is 111 cm³/mol. The molecule has 7 heteroatoms. The molecule has 0 radical (unpaired) electrons. The van der Waals surface area contributed by atoms with Gasteiger partial charge in [-0.15, -0.1) is 0 Å². The zero-order valence-electron chi connectivity index (χ0n) is 16.6. The number of nitrogens with one attached hydrogen (secondary N) is 1. The lowest BCUT2D eigenvalue weighted by Gasteiger charge is -2.16. The van der Waals surface area contributed by atoms with Crippen molar-refractivity contribution in [2.45, 2.75) is 37.7 Å². The van der Waals surface area contributed by atoms with Gasteiger partial charge in [-0.3, -0.25) is 0 Å². The molecule has 152 valence electrons. The highest BCUT2D eigenvalue weighted by molar-refractivity contribution is 7.89. The van der Waals surface area contributed by atoms with E-state index >= 15 is 0 Å². The van der Waals surface area contributed by atoms with Crippen molar-refractivity contribution in [1.82, 2.24) is 4.72 Å². The Morgan fingerprint density at radius 2 is 2.04 bits per heavy atom. The second-order valence-electron chi connectivity index (χ2n) is 7.20. The van der Waals surface area contributed by atoms with Crippen LogP contribution in [0.15, 0.2) is 41.3 Å². The molecule has 2 aromatic rings. The molecule has 0 fully saturated rings. The molecule has 0 saturated carbocycles. The average molecular weight is 405 g/mol. The fourth-order valence-corrected chi connectivity index (χ4v) is 4.47. The molecule has 6 nitrogen and oxygen atoms in total. The van der Waals surface area contributed by atoms with Crippen LogP contribution in [0.4, 0.5) is 5.69 Å². The molecule has 1 atom stereocenters. The first-order valence-electron chi connectivity index (χ1n) is 9.57. The van der Waals surface area contributed by atoms with E-state index in [-0.39, 0.29) is 11.4 Å². The van der Waals surface area contributed by atoms with Gasteiger partial charge in [0.15, 0.2) is 0 Å². The first kappa shape index (κ1) is 20.6. The van der Waals surface area contributed by atoms with E-state index in [9.17, 15) is 13.5 Å². The van der Waals surface area contributed by atoms with Gasteiger partial charge in [-0.05, 0) is 60.7 Å². The van der Waals surface area contributed by atoms with Crippen LogP contribution in [0.2, 0.25) is 0 Å². The standard InChI is InChI=1S/C21H28N2O4S/c1-4-11-27-21-8-6-18(12-15(21)2)28(25,26)22-14-20(24)17-5-7-19-16(13-17)9-10-23(19)3/h5-8,12-13,20,22,24H,4,9-11,14H2,1-3H3. The fourth-order valence-electron chi connectivity index (χ4n) is 3.35. The SMILES string of the molecule is CCCOc1ccc(S(=O)(=O)NCC(O)c2ccc3c(c2)CCN3C)cc1C. The molecule has 1 unspecified atom stereocenters. The predicted octanol–water partition coefficient (Wildman–Crippen LogP) is 2.79. The topological polar surface area (TPSA) is 78.9 Å². The van der Waals surface area contributed by atoms with Crippen LogP contribution in [0.1, 0.15) is 36.1 Å². The van der Waals surface area contributed by atoms with Crippen LogP contribution in [-0.4, -0.2) is 40.3 Å². The van der Waals surface area contributed by atoms with Gasteiger partial charge in [-0.25, -0.2) is 13.1 Å². The molecule has 1 aliphatic heterocycles. The van der Waals surface area contributed by atoms with Crippen LogP contribution >= 0.6 is 0 Å². The molecule has 2 aromatic carbocycles. The number of anilines is 1. The van der Waals surface area contributed by atoms with E-state index in [4.69, 9.17) is 4.74 Å². The fraction of sp³-hybridized carbons (Fsp3) is 0.429. The van der Waals surface area contributed by atoms with Crippen LogP contribution in [0.25, 0.3) is 0 Å². The van der Waals surface area contributed by atoms with E-state index < -0.39 is 16.1 Å². The lowest BCUT2D eigenvalue weighted by molar-refractivity contribution is 0.182. The highest BCUT2D eigenvalue weighted by Gasteiger charge is 2.20. The molecular weight excluding hydrogens is 376 g/mol. The Morgan fingerprint density at radius 1 is 1.25 bits per heavy atom. The van der Waals surface area contributed by atoms with Gasteiger partial charge >= 0.3 is 0 Å². The number of aryl methyl sites for hydroxylation is 1. The Balaban J connectivity index is 1.67. The number of hydrogen-bond donors (Lipinski definition) is 2. The summed E-state index contributed by atoms with van der Waals surface area (Å²) in [5.41, 5.74) is 3.83. The zero-order chi connectivity index (χ0) is 20.3. The summed E-state index contributed by atoms with van der Waals surface area (Å²) in [6.07, 6.45) is 0.918. The average Bonchev–Trinajstić information content (AvgIpc) is 3.05. The Kier molecular flexibility index (Phi) is 6.27. The van der Waals surface area contributed by atoms with E-state index in [0.717, 1.165) is 36.2 Å². The van der Waals surface area contributed by atoms with Crippen LogP contribution in [0.3, 0.4) is 0 Å². The van der Waals surface area contributed by atoms with E-state index in [1.54, 1.807) is 12.1 Å². The number of benzene rings is 2. The first-order valence-corrected chi connectivity index (χ1v) is 11.0. The molecule has 3 rings (SSSR count). The van der Waals surface area contributed by atoms with Crippen molar-refractivity contribution < 1.29 is 18.3 Å². The summed E-state index contributed by atoms with van der Waals surface area (Å²) in [7, 11) is -1.68. The lowest BCUT2D eigenvalue weighted by atomic mass is 10.0. The van der Waals surface area contributed by atoms with Crippen molar-refractivity contribution in [2.24, 2.45) is 0 Å². The molecule has 0 bridgehead atoms. The van der Waals surface area contributed by atoms with Crippen molar-refractivity contribution in [3.8, 4) is 5.75 Å². The van der Waals surface area contributed by atoms with Gasteiger partial charge in [0.1, 0.15) is 5.75 Å². The van der Waals surface area contributed by atoms with Crippen molar-refractivity contribution >= 4 is 15.7 Å². The van der Waals surface area contributed by atoms with Crippen LogP contribution in [0, 0.1) is 6.92 Å². The van der Waals surface area contributed by atoms with Gasteiger partial charge in [0, 0.05) is 25.8 Å². The summed E-state index contributed by atoms with van der Waals surface area (Å²) in [5.74, 6) is 0.684. The van der Waals surface area contributed by atoms with Crippen molar-refractivity contribution in [2.75, 3.05) is 31.6 Å². The zero-order valence-corrected chi connectivity index (χ0v) is 17.4. The molecule has 28 heavy (non-hydrogen) atoms. The number of sulfonamides is 1. The molecule has 0 amide bonds. The molecule has 0 saturated heterocycles. The molecular formula is C21H28N2O4S. The lowest BCUT2D eigenvalue weighted by Crippen LogP contribution is -2.28. The van der Waals surface area contributed by atoms with Gasteiger partial charge in [0.2, 0.25) is 10.0 Å². The molecule has 0 aromatic heterocycles. The van der Waals surface area contributed by atoms with Gasteiger partial charge in [-0.1, -0.05) is 19.1 Å². The number of rotatable bonds is 8. The van der Waals surface area contributed by atoms with Crippen molar-refractivity contribution in [1.29, 1.82) is 0 Å². The minimum Gasteiger partial charge on any atom is -0.493 e. The van der Waals surface area contributed by atoms with Gasteiger partial charge < -0.3 is 14.7 Å². The Hall–Kier alpha value is -2.09. The maximum absolute atomic E-state index is 12.6. The number of fused-ring (bicyclic) bond motifs is 1. The third-order valence-corrected chi connectivity index (χ3v) is 6.42. The number of nitrogens with zero attached hydrogens (tertiary/aromatic N) is 1. The summed E-state index contributed by atoms with van der Waals surface area (Å²) in [5, 5.41) is 10.5. The Labute approximate surface area is 167 Å². The number of likely N-dealkylation sites (N-methyl/N-ethyl adjacent to an activating group) is 1. The third-order valence-electron chi connectivity index (χ3n) is 5.00. The van der Waals surface area contributed by atoms with E-state index in [2.05, 4.69) is 9.62 Å². The molecule has 2 N–H and O–H groups in total. The van der Waals surface area contributed by atoms with Gasteiger partial charge in [0.25, 0.3) is 0 Å². The normalized spacial score (nSPS) is 14.8. The largest absolute Gasteiger partial charge is 0.493 e. The van der Waals surface area contributed by atoms with Crippen LogP contribution in [-0.2, 0) is 16.4 Å². The first-order chi connectivity index (χ1) is 13.3. The molecule has 1 aliphatic rings. The van der Waals surface area contributed by atoms with Crippen LogP contribution in [0.5, 0.6) is 5.75 Å². The number of aliphatic hydroxyl groups excluding tert-OH is 1. The van der Waals surface area contributed by atoms with Crippen molar-refractivity contribution in [3.63, 3.8) is 0 Å². The Morgan fingerprint density at radius 3 is 2.75 bits per heavy atom. The number of aliphatic hydroxyl groups is 1. The summed E-state index contributed by atoms with van der Waals surface area (Å²) in [4.78, 5) is 2.33. The molecule has 0 aliphatic carbocycles. The molecule has 0 spiro atoms. The van der Waals surface area contributed by atoms with Crippen molar-refractivity contribution in [3.05, 3.63) is 53.1 Å². The van der Waals surface area contributed by atoms with Gasteiger partial charge in [-0.2, -0.15) is 0 Å². The summed E-state index contributed by atoms with van der Waals surface area (Å²) >= 11 is 0. The van der Waals surface area contributed by atoms with E-state index in [1.807, 2.05) is 39.1 Å². The van der Waals surface area contributed by atoms with E-state index in [1.165, 1.54) is 11.6 Å². The van der Waals surface area contributed by atoms with Crippen LogP contribution < -0.4 is 14.4 Å². The summed E-state index contributed by atoms with van der Waals surface area (Å²) in [6, 6.07) is 10.6. The Bertz CT molecular complexity index is 943. The van der Waals surface area contributed by atoms with Gasteiger partial charge in [0.05, 0.1) is 17.6 Å². The highest BCUT2D eigenvalue weighted by Crippen LogP contribution is 2.29. The second-order valence-corrected chi connectivity index (χ2v) is 8.97. The minimum absolute atomic E-state index is 0.0793. The third kappa shape index (κ3) is 4.48. The summed E-state index contributed by atoms with van der Waals surface area (Å²) in [6.45, 7) is 5.31. The monoisotopic (exact) mass is 404 g/mol. The van der Waals surface area contributed by atoms with E-state index in [0.29, 0.717) is 12.4 Å².